The first-order chi connectivity index (χ1) is 8.05. The summed E-state index contributed by atoms with van der Waals surface area (Å²) >= 11 is 1.83. The fourth-order valence-corrected chi connectivity index (χ4v) is 2.57. The van der Waals surface area contributed by atoms with Crippen LogP contribution < -0.4 is 0 Å². The fraction of sp³-hybridized carbons (Fsp3) is 0.500. The monoisotopic (exact) mass is 248 g/mol. The lowest BCUT2D eigenvalue weighted by Crippen LogP contribution is -2.11. The van der Waals surface area contributed by atoms with Gasteiger partial charge in [0.25, 0.3) is 0 Å². The SMILES string of the molecule is CC(C)(C)c1ccc(CSN2C=NCC2)cc1. The predicted molar refractivity (Wildman–Crippen MR) is 76.5 cm³/mol. The molecule has 0 saturated carbocycles. The van der Waals surface area contributed by atoms with Crippen molar-refractivity contribution in [1.29, 1.82) is 0 Å². The summed E-state index contributed by atoms with van der Waals surface area (Å²) in [5.74, 6) is 1.02. The predicted octanol–water partition coefficient (Wildman–Crippen LogP) is 3.48. The minimum Gasteiger partial charge on any atom is -0.305 e. The average molecular weight is 248 g/mol. The minimum atomic E-state index is 0.243. The Hall–Kier alpha value is -0.960. The number of hydrogen-bond acceptors (Lipinski definition) is 3. The highest BCUT2D eigenvalue weighted by Crippen LogP contribution is 2.24. The maximum Gasteiger partial charge on any atom is 0.0950 e. The summed E-state index contributed by atoms with van der Waals surface area (Å²) in [6.45, 7) is 8.73. The molecule has 2 nitrogen and oxygen atoms in total. The maximum atomic E-state index is 4.20. The second-order valence-electron chi connectivity index (χ2n) is 5.38. The third-order valence-corrected chi connectivity index (χ3v) is 3.95. The third kappa shape index (κ3) is 3.50. The van der Waals surface area contributed by atoms with Gasteiger partial charge >= 0.3 is 0 Å². The molecule has 0 N–H and O–H groups in total. The van der Waals surface area contributed by atoms with Crippen molar-refractivity contribution in [3.8, 4) is 0 Å². The standard InChI is InChI=1S/C14H20N2S/c1-14(2,3)13-6-4-12(5-7-13)10-17-16-9-8-15-11-16/h4-7,11H,8-10H2,1-3H3. The van der Waals surface area contributed by atoms with Crippen molar-refractivity contribution in [3.05, 3.63) is 35.4 Å². The van der Waals surface area contributed by atoms with Crippen LogP contribution in [-0.4, -0.2) is 23.7 Å². The molecular formula is C14H20N2S. The van der Waals surface area contributed by atoms with E-state index in [0.717, 1.165) is 18.8 Å². The van der Waals surface area contributed by atoms with Gasteiger partial charge in [-0.15, -0.1) is 0 Å². The molecule has 0 bridgehead atoms. The highest BCUT2D eigenvalue weighted by Gasteiger charge is 2.13. The lowest BCUT2D eigenvalue weighted by atomic mass is 9.87. The Bertz CT molecular complexity index is 390. The van der Waals surface area contributed by atoms with E-state index in [1.807, 2.05) is 18.3 Å². The molecule has 0 amide bonds. The van der Waals surface area contributed by atoms with Crippen LogP contribution in [0.4, 0.5) is 0 Å². The molecule has 3 heteroatoms. The van der Waals surface area contributed by atoms with Gasteiger partial charge in [-0.05, 0) is 28.5 Å². The Labute approximate surface area is 108 Å². The zero-order valence-corrected chi connectivity index (χ0v) is 11.6. The third-order valence-electron chi connectivity index (χ3n) is 2.88. The highest BCUT2D eigenvalue weighted by atomic mass is 32.2. The molecule has 0 radical (unpaired) electrons. The first-order valence-corrected chi connectivity index (χ1v) is 6.99. The lowest BCUT2D eigenvalue weighted by molar-refractivity contribution is 0.590. The van der Waals surface area contributed by atoms with Gasteiger partial charge in [-0.2, -0.15) is 0 Å². The van der Waals surface area contributed by atoms with E-state index in [1.165, 1.54) is 11.1 Å². The number of nitrogens with zero attached hydrogens (tertiary/aromatic N) is 2. The van der Waals surface area contributed by atoms with Gasteiger partial charge in [0.15, 0.2) is 0 Å². The van der Waals surface area contributed by atoms with E-state index in [9.17, 15) is 0 Å². The summed E-state index contributed by atoms with van der Waals surface area (Å²) in [5, 5.41) is 0. The smallest absolute Gasteiger partial charge is 0.0950 e. The molecule has 0 aromatic heterocycles. The molecule has 1 aromatic rings. The van der Waals surface area contributed by atoms with Crippen molar-refractivity contribution in [1.82, 2.24) is 4.31 Å². The molecule has 0 saturated heterocycles. The van der Waals surface area contributed by atoms with Crippen molar-refractivity contribution in [2.45, 2.75) is 31.9 Å². The van der Waals surface area contributed by atoms with Crippen LogP contribution in [0.15, 0.2) is 29.3 Å². The van der Waals surface area contributed by atoms with E-state index in [1.54, 1.807) is 0 Å². The van der Waals surface area contributed by atoms with Gasteiger partial charge in [0.2, 0.25) is 0 Å². The molecule has 0 spiro atoms. The molecule has 1 aliphatic rings. The first-order valence-electron chi connectivity index (χ1n) is 6.05. The van der Waals surface area contributed by atoms with Crippen molar-refractivity contribution >= 4 is 18.3 Å². The fourth-order valence-electron chi connectivity index (χ4n) is 1.72. The van der Waals surface area contributed by atoms with Crippen LogP contribution in [0.1, 0.15) is 31.9 Å². The van der Waals surface area contributed by atoms with E-state index in [4.69, 9.17) is 0 Å². The molecular weight excluding hydrogens is 228 g/mol. The van der Waals surface area contributed by atoms with Gasteiger partial charge in [0, 0.05) is 5.75 Å². The molecule has 0 aliphatic carbocycles. The molecule has 1 aromatic carbocycles. The summed E-state index contributed by atoms with van der Waals surface area (Å²) in [7, 11) is 0. The van der Waals surface area contributed by atoms with Crippen LogP contribution in [0.3, 0.4) is 0 Å². The Morgan fingerprint density at radius 1 is 1.24 bits per heavy atom. The summed E-state index contributed by atoms with van der Waals surface area (Å²) in [6.07, 6.45) is 1.94. The normalized spacial score (nSPS) is 15.6. The Balaban J connectivity index is 1.91. The van der Waals surface area contributed by atoms with Gasteiger partial charge in [0.1, 0.15) is 0 Å². The first kappa shape index (κ1) is 12.5. The molecule has 0 atom stereocenters. The van der Waals surface area contributed by atoms with E-state index in [-0.39, 0.29) is 5.41 Å². The summed E-state index contributed by atoms with van der Waals surface area (Å²) in [4.78, 5) is 4.20. The molecule has 92 valence electrons. The van der Waals surface area contributed by atoms with Crippen LogP contribution in [0.25, 0.3) is 0 Å². The second kappa shape index (κ2) is 5.13. The molecule has 1 aliphatic heterocycles. The van der Waals surface area contributed by atoms with Crippen molar-refractivity contribution in [2.24, 2.45) is 4.99 Å². The van der Waals surface area contributed by atoms with E-state index in [2.05, 4.69) is 54.3 Å². The van der Waals surface area contributed by atoms with Crippen molar-refractivity contribution in [3.63, 3.8) is 0 Å². The van der Waals surface area contributed by atoms with Crippen molar-refractivity contribution < 1.29 is 0 Å². The summed E-state index contributed by atoms with van der Waals surface area (Å²) < 4.78 is 2.21. The summed E-state index contributed by atoms with van der Waals surface area (Å²) in [5.41, 5.74) is 3.02. The number of rotatable bonds is 3. The molecule has 17 heavy (non-hydrogen) atoms. The van der Waals surface area contributed by atoms with Crippen LogP contribution in [0, 0.1) is 0 Å². The second-order valence-corrected chi connectivity index (χ2v) is 6.40. The minimum absolute atomic E-state index is 0.243. The number of hydrogen-bond donors (Lipinski definition) is 0. The molecule has 0 fully saturated rings. The van der Waals surface area contributed by atoms with E-state index >= 15 is 0 Å². The van der Waals surface area contributed by atoms with Crippen molar-refractivity contribution in [2.75, 3.05) is 13.1 Å². The lowest BCUT2D eigenvalue weighted by Gasteiger charge is -2.19. The zero-order valence-electron chi connectivity index (χ0n) is 10.8. The van der Waals surface area contributed by atoms with Gasteiger partial charge in [-0.25, -0.2) is 0 Å². The van der Waals surface area contributed by atoms with Crippen LogP contribution in [0.2, 0.25) is 0 Å². The highest BCUT2D eigenvalue weighted by molar-refractivity contribution is 7.96. The van der Waals surface area contributed by atoms with E-state index < -0.39 is 0 Å². The van der Waals surface area contributed by atoms with Crippen LogP contribution in [0.5, 0.6) is 0 Å². The van der Waals surface area contributed by atoms with Gasteiger partial charge in [0.05, 0.1) is 19.4 Å². The van der Waals surface area contributed by atoms with Gasteiger partial charge in [-0.1, -0.05) is 45.0 Å². The number of benzene rings is 1. The number of aliphatic imine (C=N–C) groups is 1. The summed E-state index contributed by atoms with van der Waals surface area (Å²) in [6, 6.07) is 8.96. The largest absolute Gasteiger partial charge is 0.305 e. The maximum absolute atomic E-state index is 4.20. The molecule has 0 unspecified atom stereocenters. The van der Waals surface area contributed by atoms with Gasteiger partial charge in [-0.3, -0.25) is 4.99 Å². The van der Waals surface area contributed by atoms with Crippen LogP contribution >= 0.6 is 11.9 Å². The van der Waals surface area contributed by atoms with Crippen LogP contribution in [-0.2, 0) is 11.2 Å². The average Bonchev–Trinajstić information content (AvgIpc) is 2.78. The Morgan fingerprint density at radius 3 is 2.47 bits per heavy atom. The Kier molecular flexibility index (Phi) is 3.77. The quantitative estimate of drug-likeness (QED) is 0.761. The van der Waals surface area contributed by atoms with E-state index in [0.29, 0.717) is 0 Å². The zero-order chi connectivity index (χ0) is 12.3. The molecule has 2 rings (SSSR count). The van der Waals surface area contributed by atoms with Gasteiger partial charge < -0.3 is 4.31 Å². The molecule has 1 heterocycles. The topological polar surface area (TPSA) is 15.6 Å². The Morgan fingerprint density at radius 2 is 1.94 bits per heavy atom.